The maximum atomic E-state index is 14.6. The lowest BCUT2D eigenvalue weighted by Gasteiger charge is -2.22. The quantitative estimate of drug-likeness (QED) is 0.479. The summed E-state index contributed by atoms with van der Waals surface area (Å²) in [4.78, 5) is 21.0. The Morgan fingerprint density at radius 2 is 1.91 bits per heavy atom. The Morgan fingerprint density at radius 1 is 1.19 bits per heavy atom. The van der Waals surface area contributed by atoms with Crippen LogP contribution < -0.4 is 16.4 Å². The molecule has 0 fully saturated rings. The molecular weight excluding hydrogens is 433 g/mol. The number of hydrogen-bond donors (Lipinski definition) is 3. The number of nitrogens with two attached hydrogens (primary N) is 1. The maximum Gasteiger partial charge on any atom is 0.319 e. The highest BCUT2D eigenvalue weighted by Gasteiger charge is 2.17. The summed E-state index contributed by atoms with van der Waals surface area (Å²) >= 11 is 0. The second kappa shape index (κ2) is 10.1. The van der Waals surface area contributed by atoms with Crippen LogP contribution >= 0.6 is 12.4 Å². The third-order valence-corrected chi connectivity index (χ3v) is 5.33. The van der Waals surface area contributed by atoms with Crippen molar-refractivity contribution >= 4 is 40.8 Å². The number of pyridine rings is 2. The van der Waals surface area contributed by atoms with Gasteiger partial charge in [-0.3, -0.25) is 4.98 Å². The number of urea groups is 1. The molecule has 2 amide bonds. The molecule has 0 atom stereocenters. The maximum absolute atomic E-state index is 14.6. The van der Waals surface area contributed by atoms with Crippen LogP contribution in [0.4, 0.5) is 20.7 Å². The van der Waals surface area contributed by atoms with Crippen LogP contribution in [0.5, 0.6) is 0 Å². The van der Waals surface area contributed by atoms with Crippen molar-refractivity contribution in [3.8, 4) is 11.1 Å². The number of aromatic nitrogens is 2. The normalized spacial score (nSPS) is 11.2. The molecule has 7 nitrogen and oxygen atoms in total. The van der Waals surface area contributed by atoms with Gasteiger partial charge in [0.2, 0.25) is 0 Å². The number of methoxy groups -OCH3 is 1. The number of nitrogens with one attached hydrogen (secondary N) is 2. The van der Waals surface area contributed by atoms with E-state index in [4.69, 9.17) is 10.5 Å². The van der Waals surface area contributed by atoms with Crippen molar-refractivity contribution in [2.24, 2.45) is 0 Å². The number of rotatable bonds is 6. The molecule has 0 aliphatic carbocycles. The molecule has 0 saturated heterocycles. The van der Waals surface area contributed by atoms with Crippen LogP contribution in [0.3, 0.4) is 0 Å². The van der Waals surface area contributed by atoms with Crippen LogP contribution in [-0.2, 0) is 4.74 Å². The van der Waals surface area contributed by atoms with E-state index in [0.29, 0.717) is 18.8 Å². The van der Waals surface area contributed by atoms with Crippen molar-refractivity contribution < 1.29 is 13.9 Å². The average molecular weight is 462 g/mol. The molecule has 1 aromatic carbocycles. The molecule has 2 aromatic heterocycles. The topological polar surface area (TPSA) is 102 Å². The lowest BCUT2D eigenvalue weighted by Crippen LogP contribution is -2.34. The van der Waals surface area contributed by atoms with E-state index in [1.54, 1.807) is 25.4 Å². The van der Waals surface area contributed by atoms with E-state index in [-0.39, 0.29) is 23.7 Å². The third-order valence-electron chi connectivity index (χ3n) is 5.33. The van der Waals surface area contributed by atoms with E-state index in [1.807, 2.05) is 33.8 Å². The summed E-state index contributed by atoms with van der Waals surface area (Å²) < 4.78 is 19.9. The van der Waals surface area contributed by atoms with Crippen LogP contribution in [0.25, 0.3) is 22.0 Å². The predicted molar refractivity (Wildman–Crippen MR) is 129 cm³/mol. The molecule has 2 heterocycles. The first kappa shape index (κ1) is 25.3. The zero-order valence-corrected chi connectivity index (χ0v) is 19.7. The van der Waals surface area contributed by atoms with E-state index in [0.717, 1.165) is 33.3 Å². The Labute approximate surface area is 193 Å². The Bertz CT molecular complexity index is 1140. The van der Waals surface area contributed by atoms with Gasteiger partial charge in [0.25, 0.3) is 0 Å². The molecule has 0 saturated carbocycles. The van der Waals surface area contributed by atoms with Crippen molar-refractivity contribution in [2.45, 2.75) is 39.7 Å². The van der Waals surface area contributed by atoms with Gasteiger partial charge in [-0.2, -0.15) is 0 Å². The van der Waals surface area contributed by atoms with Gasteiger partial charge in [0.05, 0.1) is 16.8 Å². The number of nitrogens with zero attached hydrogens (tertiary/aromatic N) is 2. The summed E-state index contributed by atoms with van der Waals surface area (Å²) in [6.45, 7) is 7.97. The highest BCUT2D eigenvalue weighted by Crippen LogP contribution is 2.32. The lowest BCUT2D eigenvalue weighted by atomic mass is 9.97. The summed E-state index contributed by atoms with van der Waals surface area (Å²) in [6.07, 6.45) is 2.28. The number of nitrogen functional groups attached to an aromatic ring is 1. The Balaban J connectivity index is 0.00000363. The minimum Gasteiger partial charge on any atom is -0.384 e. The Morgan fingerprint density at radius 3 is 2.59 bits per heavy atom. The third kappa shape index (κ3) is 5.83. The molecule has 3 rings (SSSR count). The molecule has 0 bridgehead atoms. The summed E-state index contributed by atoms with van der Waals surface area (Å²) in [7, 11) is 1.62. The highest BCUT2D eigenvalue weighted by atomic mass is 35.5. The summed E-state index contributed by atoms with van der Waals surface area (Å²) in [5, 5.41) is 6.16. The van der Waals surface area contributed by atoms with Gasteiger partial charge in [0.15, 0.2) is 0 Å². The Hall–Kier alpha value is -2.97. The predicted octanol–water partition coefficient (Wildman–Crippen LogP) is 4.99. The molecule has 0 radical (unpaired) electrons. The zero-order valence-electron chi connectivity index (χ0n) is 18.9. The molecule has 0 unspecified atom stereocenters. The van der Waals surface area contributed by atoms with E-state index in [1.165, 1.54) is 6.07 Å². The van der Waals surface area contributed by atoms with Gasteiger partial charge in [-0.05, 0) is 63.4 Å². The fourth-order valence-electron chi connectivity index (χ4n) is 3.26. The number of hydrogen-bond acceptors (Lipinski definition) is 5. The number of carbonyl (C=O) groups excluding carboxylic acids is 1. The SMILES string of the molecule is COC(C)(C)CCNC(=O)Nc1cc(-c2cc3cnc(N)cc3nc2C)c(C)cc1F.Cl. The van der Waals surface area contributed by atoms with Crippen LogP contribution in [0.1, 0.15) is 31.5 Å². The number of fused-ring (bicyclic) bond motifs is 1. The molecule has 0 aliphatic heterocycles. The van der Waals surface area contributed by atoms with Gasteiger partial charge in [-0.25, -0.2) is 14.2 Å². The van der Waals surface area contributed by atoms with Gasteiger partial charge >= 0.3 is 6.03 Å². The smallest absolute Gasteiger partial charge is 0.319 e. The number of amides is 2. The van der Waals surface area contributed by atoms with Crippen LogP contribution in [0, 0.1) is 19.7 Å². The van der Waals surface area contributed by atoms with Crippen LogP contribution in [0.15, 0.2) is 30.5 Å². The summed E-state index contributed by atoms with van der Waals surface area (Å²) in [6, 6.07) is 6.22. The molecule has 3 aromatic rings. The number of carbonyl (C=O) groups is 1. The van der Waals surface area contributed by atoms with E-state index in [2.05, 4.69) is 20.6 Å². The van der Waals surface area contributed by atoms with Crippen molar-refractivity contribution in [2.75, 3.05) is 24.7 Å². The van der Waals surface area contributed by atoms with Gasteiger partial charge in [0, 0.05) is 42.6 Å². The molecule has 0 aliphatic rings. The number of benzene rings is 1. The fraction of sp³-hybridized carbons (Fsp3) is 0.348. The number of halogens is 2. The Kier molecular flexibility index (Phi) is 7.98. The van der Waals surface area contributed by atoms with Gasteiger partial charge in [-0.15, -0.1) is 12.4 Å². The minimum atomic E-state index is -0.505. The average Bonchev–Trinajstić information content (AvgIpc) is 2.69. The molecule has 172 valence electrons. The van der Waals surface area contributed by atoms with Crippen LogP contribution in [0.2, 0.25) is 0 Å². The first-order valence-electron chi connectivity index (χ1n) is 10.0. The highest BCUT2D eigenvalue weighted by molar-refractivity contribution is 5.92. The molecule has 32 heavy (non-hydrogen) atoms. The van der Waals surface area contributed by atoms with E-state index in [9.17, 15) is 9.18 Å². The minimum absolute atomic E-state index is 0. The first-order chi connectivity index (χ1) is 14.6. The monoisotopic (exact) mass is 461 g/mol. The summed E-state index contributed by atoms with van der Waals surface area (Å²) in [5.74, 6) is -0.106. The number of ether oxygens (including phenoxy) is 1. The number of aryl methyl sites for hydroxylation is 2. The van der Waals surface area contributed by atoms with Gasteiger partial charge in [-0.1, -0.05) is 0 Å². The number of anilines is 2. The van der Waals surface area contributed by atoms with Crippen molar-refractivity contribution in [1.82, 2.24) is 15.3 Å². The van der Waals surface area contributed by atoms with Crippen molar-refractivity contribution in [3.63, 3.8) is 0 Å². The van der Waals surface area contributed by atoms with Gasteiger partial charge < -0.3 is 21.1 Å². The van der Waals surface area contributed by atoms with Crippen LogP contribution in [-0.4, -0.2) is 35.3 Å². The molecular formula is C23H29ClFN5O2. The van der Waals surface area contributed by atoms with Crippen molar-refractivity contribution in [3.05, 3.63) is 47.5 Å². The van der Waals surface area contributed by atoms with Crippen molar-refractivity contribution in [1.29, 1.82) is 0 Å². The summed E-state index contributed by atoms with van der Waals surface area (Å²) in [5.41, 5.74) is 9.35. The second-order valence-electron chi connectivity index (χ2n) is 8.16. The van der Waals surface area contributed by atoms with Gasteiger partial charge in [0.1, 0.15) is 11.6 Å². The molecule has 9 heteroatoms. The zero-order chi connectivity index (χ0) is 22.8. The standard InChI is InChI=1S/C23H28FN5O2.ClH/c1-13-8-18(24)20(29-22(30)26-7-6-23(3,4)31-5)10-16(13)17-9-15-12-27-21(25)11-19(15)28-14(17)2;/h8-12H,6-7H2,1-5H3,(H2,25,27)(H2,26,29,30);1H. The molecule has 0 spiro atoms. The molecule has 4 N–H and O–H groups in total. The largest absolute Gasteiger partial charge is 0.384 e. The second-order valence-corrected chi connectivity index (χ2v) is 8.16. The van der Waals surface area contributed by atoms with E-state index < -0.39 is 11.8 Å². The lowest BCUT2D eigenvalue weighted by molar-refractivity contribution is 0.0165. The first-order valence-corrected chi connectivity index (χ1v) is 10.0. The fourth-order valence-corrected chi connectivity index (χ4v) is 3.26. The van der Waals surface area contributed by atoms with E-state index >= 15 is 0 Å².